The second-order valence-corrected chi connectivity index (χ2v) is 7.87. The van der Waals surface area contributed by atoms with Gasteiger partial charge in [-0.2, -0.15) is 0 Å². The van der Waals surface area contributed by atoms with Crippen LogP contribution in [0.1, 0.15) is 67.1 Å². The van der Waals surface area contributed by atoms with E-state index >= 15 is 0 Å². The van der Waals surface area contributed by atoms with E-state index in [9.17, 15) is 4.79 Å². The molecule has 2 saturated carbocycles. The summed E-state index contributed by atoms with van der Waals surface area (Å²) in [4.78, 5) is 17.5. The number of aromatic nitrogens is 1. The van der Waals surface area contributed by atoms with Gasteiger partial charge in [-0.3, -0.25) is 9.69 Å². The summed E-state index contributed by atoms with van der Waals surface area (Å²) >= 11 is 0. The minimum Gasteiger partial charge on any atom is -0.360 e. The van der Waals surface area contributed by atoms with Gasteiger partial charge in [0, 0.05) is 37.2 Å². The number of hydrogen-bond donors (Lipinski definition) is 0. The zero-order valence-corrected chi connectivity index (χ0v) is 13.6. The molecule has 2 saturated heterocycles. The molecular weight excluding hydrogens is 290 g/mol. The smallest absolute Gasteiger partial charge is 0.276 e. The molecule has 0 spiro atoms. The van der Waals surface area contributed by atoms with Crippen molar-refractivity contribution in [2.45, 2.75) is 62.9 Å². The first-order chi connectivity index (χ1) is 11.3. The average molecular weight is 315 g/mol. The standard InChI is InChI=1S/C18H25N3O2/c22-18(15-10-17(23-19-15)12-3-4-12)20-9-7-16-13(11-20)2-1-8-21(16)14-5-6-14/h10,12-14,16H,1-9,11H2/t13-,16-/m0/s1. The Kier molecular flexibility index (Phi) is 3.25. The molecule has 5 nitrogen and oxygen atoms in total. The van der Waals surface area contributed by atoms with Gasteiger partial charge in [-0.05, 0) is 57.4 Å². The Bertz CT molecular complexity index is 605. The molecule has 2 aliphatic carbocycles. The van der Waals surface area contributed by atoms with Gasteiger partial charge in [-0.25, -0.2) is 0 Å². The normalized spacial score (nSPS) is 31.9. The molecule has 0 bridgehead atoms. The molecule has 23 heavy (non-hydrogen) atoms. The molecule has 0 aromatic carbocycles. The van der Waals surface area contributed by atoms with Crippen molar-refractivity contribution in [2.75, 3.05) is 19.6 Å². The van der Waals surface area contributed by atoms with Crippen molar-refractivity contribution < 1.29 is 9.32 Å². The van der Waals surface area contributed by atoms with Crippen molar-refractivity contribution in [3.63, 3.8) is 0 Å². The summed E-state index contributed by atoms with van der Waals surface area (Å²) in [7, 11) is 0. The molecule has 124 valence electrons. The lowest BCUT2D eigenvalue weighted by Gasteiger charge is -2.47. The van der Waals surface area contributed by atoms with Gasteiger partial charge in [0.05, 0.1) is 0 Å². The summed E-state index contributed by atoms with van der Waals surface area (Å²) in [6.07, 6.45) is 8.80. The Labute approximate surface area is 137 Å². The van der Waals surface area contributed by atoms with Crippen LogP contribution in [0.25, 0.3) is 0 Å². The molecule has 5 rings (SSSR count). The third-order valence-corrected chi connectivity index (χ3v) is 6.14. The molecule has 0 unspecified atom stereocenters. The van der Waals surface area contributed by atoms with Crippen LogP contribution in [-0.2, 0) is 0 Å². The monoisotopic (exact) mass is 315 g/mol. The molecule has 3 heterocycles. The van der Waals surface area contributed by atoms with Crippen LogP contribution in [0.3, 0.4) is 0 Å². The predicted molar refractivity (Wildman–Crippen MR) is 85.2 cm³/mol. The zero-order valence-electron chi connectivity index (χ0n) is 13.6. The molecule has 1 aromatic heterocycles. The lowest BCUT2D eigenvalue weighted by molar-refractivity contribution is 0.0170. The Morgan fingerprint density at radius 3 is 2.78 bits per heavy atom. The van der Waals surface area contributed by atoms with E-state index in [-0.39, 0.29) is 5.91 Å². The minimum absolute atomic E-state index is 0.0719. The van der Waals surface area contributed by atoms with E-state index in [0.717, 1.165) is 31.3 Å². The zero-order chi connectivity index (χ0) is 15.4. The highest BCUT2D eigenvalue weighted by atomic mass is 16.5. The molecule has 1 aromatic rings. The predicted octanol–water partition coefficient (Wildman–Crippen LogP) is 2.64. The third-order valence-electron chi connectivity index (χ3n) is 6.14. The van der Waals surface area contributed by atoms with Gasteiger partial charge in [0.2, 0.25) is 0 Å². The Balaban J connectivity index is 1.27. The number of piperidine rings is 2. The van der Waals surface area contributed by atoms with E-state index in [1.807, 2.05) is 11.0 Å². The van der Waals surface area contributed by atoms with Crippen LogP contribution in [0, 0.1) is 5.92 Å². The topological polar surface area (TPSA) is 49.6 Å². The minimum atomic E-state index is 0.0719. The summed E-state index contributed by atoms with van der Waals surface area (Å²) in [6, 6.07) is 3.44. The number of rotatable bonds is 3. The van der Waals surface area contributed by atoms with Crippen molar-refractivity contribution in [3.8, 4) is 0 Å². The number of fused-ring (bicyclic) bond motifs is 1. The van der Waals surface area contributed by atoms with Gasteiger partial charge >= 0.3 is 0 Å². The van der Waals surface area contributed by atoms with Crippen LogP contribution in [-0.4, -0.2) is 52.6 Å². The maximum Gasteiger partial charge on any atom is 0.276 e. The summed E-state index contributed by atoms with van der Waals surface area (Å²) < 4.78 is 5.36. The summed E-state index contributed by atoms with van der Waals surface area (Å²) in [5.74, 6) is 2.14. The number of hydrogen-bond acceptors (Lipinski definition) is 4. The fourth-order valence-electron chi connectivity index (χ4n) is 4.60. The van der Waals surface area contributed by atoms with Gasteiger partial charge in [0.1, 0.15) is 5.76 Å². The second-order valence-electron chi connectivity index (χ2n) is 7.87. The number of likely N-dealkylation sites (tertiary alicyclic amines) is 2. The van der Waals surface area contributed by atoms with Gasteiger partial charge in [0.15, 0.2) is 5.69 Å². The Morgan fingerprint density at radius 2 is 2.00 bits per heavy atom. The third kappa shape index (κ3) is 2.59. The van der Waals surface area contributed by atoms with Crippen molar-refractivity contribution in [1.82, 2.24) is 15.0 Å². The number of nitrogens with zero attached hydrogens (tertiary/aromatic N) is 3. The highest BCUT2D eigenvalue weighted by Crippen LogP contribution is 2.41. The van der Waals surface area contributed by atoms with Crippen LogP contribution in [0.2, 0.25) is 0 Å². The summed E-state index contributed by atoms with van der Waals surface area (Å²) in [5, 5.41) is 4.03. The second kappa shape index (κ2) is 5.33. The van der Waals surface area contributed by atoms with E-state index in [1.54, 1.807) is 0 Å². The van der Waals surface area contributed by atoms with Gasteiger partial charge in [-0.15, -0.1) is 0 Å². The van der Waals surface area contributed by atoms with E-state index < -0.39 is 0 Å². The summed E-state index contributed by atoms with van der Waals surface area (Å²) in [5.41, 5.74) is 0.514. The van der Waals surface area contributed by atoms with Crippen molar-refractivity contribution in [2.24, 2.45) is 5.92 Å². The lowest BCUT2D eigenvalue weighted by atomic mass is 9.83. The average Bonchev–Trinajstić information content (AvgIpc) is 3.52. The van der Waals surface area contributed by atoms with Crippen molar-refractivity contribution >= 4 is 5.91 Å². The molecule has 0 radical (unpaired) electrons. The number of carbonyl (C=O) groups is 1. The lowest BCUT2D eigenvalue weighted by Crippen LogP contribution is -2.55. The first-order valence-corrected chi connectivity index (χ1v) is 9.31. The van der Waals surface area contributed by atoms with Crippen molar-refractivity contribution in [1.29, 1.82) is 0 Å². The number of carbonyl (C=O) groups excluding carboxylic acids is 1. The highest BCUT2D eigenvalue weighted by molar-refractivity contribution is 5.92. The van der Waals surface area contributed by atoms with Crippen LogP contribution in [0.4, 0.5) is 0 Å². The van der Waals surface area contributed by atoms with Gasteiger partial charge in [-0.1, -0.05) is 5.16 Å². The Hall–Kier alpha value is -1.36. The largest absolute Gasteiger partial charge is 0.360 e. The van der Waals surface area contributed by atoms with Crippen molar-refractivity contribution in [3.05, 3.63) is 17.5 Å². The fourth-order valence-corrected chi connectivity index (χ4v) is 4.60. The molecule has 4 aliphatic rings. The highest BCUT2D eigenvalue weighted by Gasteiger charge is 2.43. The van der Waals surface area contributed by atoms with Crippen LogP contribution >= 0.6 is 0 Å². The van der Waals surface area contributed by atoms with Crippen LogP contribution in [0.15, 0.2) is 10.6 Å². The van der Waals surface area contributed by atoms with Gasteiger partial charge in [0.25, 0.3) is 5.91 Å². The first-order valence-electron chi connectivity index (χ1n) is 9.31. The van der Waals surface area contributed by atoms with E-state index in [0.29, 0.717) is 23.6 Å². The van der Waals surface area contributed by atoms with E-state index in [2.05, 4.69) is 10.1 Å². The van der Waals surface area contributed by atoms with E-state index in [1.165, 1.54) is 45.1 Å². The first kappa shape index (κ1) is 14.0. The molecule has 4 fully saturated rings. The molecule has 5 heteroatoms. The molecule has 1 amide bonds. The maximum atomic E-state index is 12.7. The summed E-state index contributed by atoms with van der Waals surface area (Å²) in [6.45, 7) is 3.04. The van der Waals surface area contributed by atoms with Gasteiger partial charge < -0.3 is 9.42 Å². The Morgan fingerprint density at radius 1 is 1.13 bits per heavy atom. The fraction of sp³-hybridized carbons (Fsp3) is 0.778. The number of amides is 1. The molecule has 2 aliphatic heterocycles. The molecular formula is C18H25N3O2. The SMILES string of the molecule is O=C(c1cc(C2CC2)on1)N1CC[C@H]2[C@@H](CCCN2C2CC2)C1. The van der Waals surface area contributed by atoms with Crippen LogP contribution < -0.4 is 0 Å². The van der Waals surface area contributed by atoms with E-state index in [4.69, 9.17) is 4.52 Å². The molecule has 2 atom stereocenters. The maximum absolute atomic E-state index is 12.7. The molecule has 0 N–H and O–H groups in total. The van der Waals surface area contributed by atoms with Crippen LogP contribution in [0.5, 0.6) is 0 Å². The quantitative estimate of drug-likeness (QED) is 0.860.